The summed E-state index contributed by atoms with van der Waals surface area (Å²) in [4.78, 5) is 0. The molecule has 1 aliphatic heterocycles. The van der Waals surface area contributed by atoms with Crippen LogP contribution < -0.4 is 5.32 Å². The highest BCUT2D eigenvalue weighted by atomic mass is 127. The molecule has 1 aliphatic rings. The van der Waals surface area contributed by atoms with Crippen molar-refractivity contribution in [1.29, 1.82) is 0 Å². The van der Waals surface area contributed by atoms with Gasteiger partial charge in [-0.25, -0.2) is 8.42 Å². The SMILES string of the molecule is O=S1(=O)CC(O)C(Nc2ccccc2I)C1. The van der Waals surface area contributed by atoms with Gasteiger partial charge >= 0.3 is 0 Å². The summed E-state index contributed by atoms with van der Waals surface area (Å²) >= 11 is 2.17. The predicted molar refractivity (Wildman–Crippen MR) is 71.2 cm³/mol. The number of para-hydroxylation sites is 1. The summed E-state index contributed by atoms with van der Waals surface area (Å²) in [7, 11) is -3.09. The van der Waals surface area contributed by atoms with Crippen molar-refractivity contribution >= 4 is 38.1 Å². The first-order valence-corrected chi connectivity index (χ1v) is 7.77. The van der Waals surface area contributed by atoms with E-state index in [-0.39, 0.29) is 11.5 Å². The van der Waals surface area contributed by atoms with Gasteiger partial charge in [0.05, 0.1) is 23.7 Å². The van der Waals surface area contributed by atoms with E-state index in [9.17, 15) is 13.5 Å². The van der Waals surface area contributed by atoms with Gasteiger partial charge in [-0.3, -0.25) is 0 Å². The molecule has 0 aromatic heterocycles. The van der Waals surface area contributed by atoms with Crippen LogP contribution in [0.3, 0.4) is 0 Å². The molecule has 88 valence electrons. The molecule has 0 saturated carbocycles. The van der Waals surface area contributed by atoms with Crippen LogP contribution >= 0.6 is 22.6 Å². The molecule has 4 nitrogen and oxygen atoms in total. The van der Waals surface area contributed by atoms with Crippen molar-refractivity contribution in [3.05, 3.63) is 27.8 Å². The maximum absolute atomic E-state index is 11.3. The first-order valence-electron chi connectivity index (χ1n) is 4.87. The van der Waals surface area contributed by atoms with Gasteiger partial charge in [-0.05, 0) is 34.7 Å². The van der Waals surface area contributed by atoms with Crippen LogP contribution in [0.4, 0.5) is 5.69 Å². The number of hydrogen-bond donors (Lipinski definition) is 2. The van der Waals surface area contributed by atoms with Crippen LogP contribution in [0, 0.1) is 3.57 Å². The van der Waals surface area contributed by atoms with Crippen molar-refractivity contribution in [1.82, 2.24) is 0 Å². The molecule has 1 aromatic carbocycles. The molecule has 0 amide bonds. The predicted octanol–water partition coefficient (Wildman–Crippen LogP) is 0.861. The average molecular weight is 353 g/mol. The van der Waals surface area contributed by atoms with Gasteiger partial charge in [0.25, 0.3) is 0 Å². The summed E-state index contributed by atoms with van der Waals surface area (Å²) in [5.74, 6) is -0.146. The van der Waals surface area contributed by atoms with Crippen molar-refractivity contribution in [2.45, 2.75) is 12.1 Å². The standard InChI is InChI=1S/C10H12INO3S/c11-7-3-1-2-4-8(7)12-9-5-16(14,15)6-10(9)13/h1-4,9-10,12-13H,5-6H2. The normalized spacial score (nSPS) is 27.9. The molecule has 2 rings (SSSR count). The Morgan fingerprint density at radius 2 is 2.00 bits per heavy atom. The van der Waals surface area contributed by atoms with E-state index in [1.165, 1.54) is 0 Å². The van der Waals surface area contributed by atoms with Gasteiger partial charge in [0.1, 0.15) is 0 Å². The van der Waals surface area contributed by atoms with Gasteiger partial charge in [-0.2, -0.15) is 0 Å². The Bertz CT molecular complexity index is 489. The third kappa shape index (κ3) is 2.67. The minimum Gasteiger partial charge on any atom is -0.390 e. The molecule has 1 saturated heterocycles. The van der Waals surface area contributed by atoms with Crippen molar-refractivity contribution in [3.63, 3.8) is 0 Å². The van der Waals surface area contributed by atoms with Crippen LogP contribution in [0.5, 0.6) is 0 Å². The molecule has 6 heteroatoms. The zero-order chi connectivity index (χ0) is 11.8. The fraction of sp³-hybridized carbons (Fsp3) is 0.400. The van der Waals surface area contributed by atoms with E-state index in [0.717, 1.165) is 9.26 Å². The summed E-state index contributed by atoms with van der Waals surface area (Å²) in [6, 6.07) is 7.19. The second kappa shape index (κ2) is 4.50. The molecule has 1 aromatic rings. The summed E-state index contributed by atoms with van der Waals surface area (Å²) in [6.45, 7) is 0. The van der Waals surface area contributed by atoms with Crippen molar-refractivity contribution in [2.24, 2.45) is 0 Å². The minimum absolute atomic E-state index is 0.000852. The van der Waals surface area contributed by atoms with Gasteiger partial charge in [-0.15, -0.1) is 0 Å². The van der Waals surface area contributed by atoms with Gasteiger partial charge < -0.3 is 10.4 Å². The largest absolute Gasteiger partial charge is 0.390 e. The number of nitrogens with one attached hydrogen (secondary N) is 1. The Balaban J connectivity index is 2.15. The summed E-state index contributed by atoms with van der Waals surface area (Å²) < 4.78 is 23.7. The number of anilines is 1. The topological polar surface area (TPSA) is 66.4 Å². The smallest absolute Gasteiger partial charge is 0.155 e. The van der Waals surface area contributed by atoms with Crippen LogP contribution in [0.1, 0.15) is 0 Å². The Kier molecular flexibility index (Phi) is 3.41. The maximum Gasteiger partial charge on any atom is 0.155 e. The number of rotatable bonds is 2. The van der Waals surface area contributed by atoms with Gasteiger partial charge in [0.2, 0.25) is 0 Å². The quantitative estimate of drug-likeness (QED) is 0.775. The highest BCUT2D eigenvalue weighted by Gasteiger charge is 2.36. The fourth-order valence-corrected chi connectivity index (χ4v) is 4.03. The van der Waals surface area contributed by atoms with E-state index in [1.807, 2.05) is 24.3 Å². The van der Waals surface area contributed by atoms with Crippen LogP contribution in [-0.2, 0) is 9.84 Å². The lowest BCUT2D eigenvalue weighted by molar-refractivity contribution is 0.190. The maximum atomic E-state index is 11.3. The Labute approximate surface area is 108 Å². The lowest BCUT2D eigenvalue weighted by Gasteiger charge is -2.17. The van der Waals surface area contributed by atoms with Crippen molar-refractivity contribution < 1.29 is 13.5 Å². The van der Waals surface area contributed by atoms with E-state index >= 15 is 0 Å². The molecule has 1 heterocycles. The molecule has 16 heavy (non-hydrogen) atoms. The number of sulfone groups is 1. The first kappa shape index (κ1) is 12.1. The zero-order valence-electron chi connectivity index (χ0n) is 8.43. The van der Waals surface area contributed by atoms with E-state index < -0.39 is 22.0 Å². The number of halogens is 1. The summed E-state index contributed by atoms with van der Waals surface area (Å²) in [5, 5.41) is 12.7. The number of aliphatic hydroxyl groups is 1. The lowest BCUT2D eigenvalue weighted by Crippen LogP contribution is -2.32. The van der Waals surface area contributed by atoms with E-state index in [2.05, 4.69) is 27.9 Å². The molecule has 0 radical (unpaired) electrons. The van der Waals surface area contributed by atoms with E-state index in [4.69, 9.17) is 0 Å². The van der Waals surface area contributed by atoms with Crippen LogP contribution in [0.2, 0.25) is 0 Å². The molecular formula is C10H12INO3S. The summed E-state index contributed by atoms with van der Waals surface area (Å²) in [6.07, 6.45) is -0.819. The number of hydrogen-bond acceptors (Lipinski definition) is 4. The third-order valence-electron chi connectivity index (χ3n) is 2.54. The summed E-state index contributed by atoms with van der Waals surface area (Å²) in [5.41, 5.74) is 0.865. The average Bonchev–Trinajstić information content (AvgIpc) is 2.44. The molecule has 2 atom stereocenters. The molecule has 0 aliphatic carbocycles. The van der Waals surface area contributed by atoms with Gasteiger partial charge in [0.15, 0.2) is 9.84 Å². The van der Waals surface area contributed by atoms with Crippen LogP contribution in [0.25, 0.3) is 0 Å². The highest BCUT2D eigenvalue weighted by molar-refractivity contribution is 14.1. The van der Waals surface area contributed by atoms with E-state index in [0.29, 0.717) is 0 Å². The second-order valence-corrected chi connectivity index (χ2v) is 7.19. The van der Waals surface area contributed by atoms with E-state index in [1.54, 1.807) is 0 Å². The Hall–Kier alpha value is -0.340. The first-order chi connectivity index (χ1) is 7.48. The minimum atomic E-state index is -3.09. The lowest BCUT2D eigenvalue weighted by atomic mass is 10.2. The van der Waals surface area contributed by atoms with Crippen molar-refractivity contribution in [2.75, 3.05) is 16.8 Å². The fourth-order valence-electron chi connectivity index (χ4n) is 1.74. The zero-order valence-corrected chi connectivity index (χ0v) is 11.4. The second-order valence-electron chi connectivity index (χ2n) is 3.87. The molecule has 1 fully saturated rings. The highest BCUT2D eigenvalue weighted by Crippen LogP contribution is 2.22. The molecule has 2 unspecified atom stereocenters. The molecule has 2 N–H and O–H groups in total. The molecule has 0 spiro atoms. The molecular weight excluding hydrogens is 341 g/mol. The molecule has 0 bridgehead atoms. The Morgan fingerprint density at radius 3 is 2.56 bits per heavy atom. The van der Waals surface area contributed by atoms with Crippen molar-refractivity contribution in [3.8, 4) is 0 Å². The van der Waals surface area contributed by atoms with Crippen LogP contribution in [0.15, 0.2) is 24.3 Å². The number of aliphatic hydroxyl groups excluding tert-OH is 1. The monoisotopic (exact) mass is 353 g/mol. The van der Waals surface area contributed by atoms with Gasteiger partial charge in [0, 0.05) is 9.26 Å². The van der Waals surface area contributed by atoms with Gasteiger partial charge in [-0.1, -0.05) is 12.1 Å². The Morgan fingerprint density at radius 1 is 1.31 bits per heavy atom. The number of benzene rings is 1. The third-order valence-corrected chi connectivity index (χ3v) is 5.19. The van der Waals surface area contributed by atoms with Crippen LogP contribution in [-0.4, -0.2) is 37.2 Å².